The van der Waals surface area contributed by atoms with Crippen molar-refractivity contribution in [1.29, 1.82) is 0 Å². The van der Waals surface area contributed by atoms with Gasteiger partial charge in [-0.25, -0.2) is 34.4 Å². The molecule has 0 spiro atoms. The largest absolute Gasteiger partial charge is 0.416 e. The van der Waals surface area contributed by atoms with Crippen molar-refractivity contribution in [2.24, 2.45) is 5.92 Å². The van der Waals surface area contributed by atoms with Crippen molar-refractivity contribution < 1.29 is 71.5 Å². The molecule has 4 N–H and O–H groups in total. The number of sulfonamides is 2. The number of amides is 5. The van der Waals surface area contributed by atoms with E-state index >= 15 is 0 Å². The second-order valence-electron chi connectivity index (χ2n) is 31.9. The van der Waals surface area contributed by atoms with Crippen molar-refractivity contribution >= 4 is 84.4 Å². The molecule has 118 heavy (non-hydrogen) atoms. The number of hydrogen-bond donors (Lipinski definition) is 4. The molecule has 12 heterocycles. The average Bonchev–Trinajstić information content (AvgIpc) is 1.55. The summed E-state index contributed by atoms with van der Waals surface area (Å²) in [5.41, 5.74) is 9.62. The van der Waals surface area contributed by atoms with E-state index in [1.807, 2.05) is 17.0 Å². The van der Waals surface area contributed by atoms with E-state index in [0.717, 1.165) is 127 Å². The molecule has 632 valence electrons. The lowest BCUT2D eigenvalue weighted by atomic mass is 9.86. The van der Waals surface area contributed by atoms with Gasteiger partial charge >= 0.3 is 6.18 Å². The molecule has 9 aliphatic rings. The second-order valence-corrected chi connectivity index (χ2v) is 37.0. The zero-order chi connectivity index (χ0) is 83.8. The molecule has 8 aromatic rings. The third-order valence-corrected chi connectivity index (χ3v) is 27.9. The van der Waals surface area contributed by atoms with Crippen LogP contribution in [0.4, 0.5) is 30.7 Å². The maximum atomic E-state index is 13.8. The molecule has 1 aliphatic carbocycles. The van der Waals surface area contributed by atoms with Crippen LogP contribution in [-0.4, -0.2) is 223 Å². The highest BCUT2D eigenvalue weighted by atomic mass is 35.5. The van der Waals surface area contributed by atoms with E-state index in [9.17, 15) is 71.5 Å². The third kappa shape index (κ3) is 19.3. The average molecular weight is 1740 g/mol. The number of likely N-dealkylation sites (tertiary alicyclic amines) is 4. The molecule has 17 rings (SSSR count). The quantitative estimate of drug-likeness (QED) is 0.0827. The summed E-state index contributed by atoms with van der Waals surface area (Å²) in [7, 11) is -6.76. The van der Waals surface area contributed by atoms with Gasteiger partial charge in [0, 0.05) is 163 Å². The summed E-state index contributed by atoms with van der Waals surface area (Å²) in [6.45, 7) is 10.4. The molecule has 37 heteroatoms. The summed E-state index contributed by atoms with van der Waals surface area (Å²) in [6.07, 6.45) is 7.72. The van der Waals surface area contributed by atoms with Crippen LogP contribution in [0.1, 0.15) is 210 Å². The Morgan fingerprint density at radius 2 is 0.797 bits per heavy atom. The molecule has 4 aromatic heterocycles. The van der Waals surface area contributed by atoms with Crippen molar-refractivity contribution in [3.8, 4) is 0 Å². The van der Waals surface area contributed by atoms with Gasteiger partial charge in [0.1, 0.15) is 23.3 Å². The fraction of sp³-hybridized carbons (Fsp3) is 0.494. The molecule has 5 fully saturated rings. The molecule has 4 aromatic carbocycles. The topological polar surface area (TPSA) is 294 Å². The number of piperidine rings is 4. The summed E-state index contributed by atoms with van der Waals surface area (Å²) in [6, 6.07) is 16.7. The van der Waals surface area contributed by atoms with Gasteiger partial charge in [-0.2, -0.15) is 42.2 Å². The summed E-state index contributed by atoms with van der Waals surface area (Å²) < 4.78 is 145. The Labute approximate surface area is 693 Å². The predicted octanol–water partition coefficient (Wildman–Crippen LogP) is 12.6. The van der Waals surface area contributed by atoms with E-state index in [-0.39, 0.29) is 119 Å². The number of benzene rings is 4. The Morgan fingerprint density at radius 3 is 1.20 bits per heavy atom. The summed E-state index contributed by atoms with van der Waals surface area (Å²) >= 11 is 18.5. The number of nitrogens with zero attached hydrogens (tertiary/aromatic N) is 12. The lowest BCUT2D eigenvalue weighted by molar-refractivity contribution is -0.138. The van der Waals surface area contributed by atoms with Crippen LogP contribution in [0.5, 0.6) is 0 Å². The Bertz CT molecular complexity index is 5320. The van der Waals surface area contributed by atoms with Gasteiger partial charge in [-0.3, -0.25) is 49.3 Å². The van der Waals surface area contributed by atoms with Crippen molar-refractivity contribution in [3.63, 3.8) is 0 Å². The number of fused-ring (bicyclic) bond motifs is 4. The van der Waals surface area contributed by atoms with Crippen LogP contribution in [0, 0.1) is 29.2 Å². The molecule has 4 saturated heterocycles. The van der Waals surface area contributed by atoms with Crippen molar-refractivity contribution in [3.05, 3.63) is 207 Å². The number of H-pyrrole nitrogens is 4. The molecule has 0 radical (unpaired) electrons. The molecule has 0 atom stereocenters. The van der Waals surface area contributed by atoms with E-state index < -0.39 is 55.2 Å². The standard InChI is InChI=1S/C22H26ClFN4O.C20H22ClFN4O2.C20H22F4N4O3S.C19H22ClFN4O3S/c23-20-16(2-1-3-18(20)24)15-6-10-28(11-7-15)22(29)21-17-8-9-27(12-14-4-5-14)13-19(17)25-26-21;1-12(27)26-10-7-15-17(11-26)23-24-19(15)20(28)25-8-5-13(6-9-25)14-3-2-4-16(22)18(14)21;1-32(30,31)28-9-6-17-15(11-28)18(26-25-17)19(29)27-7-4-12(5-8-27)14-10-13(21)2-3-16(14)20(22,23)24;1-29(27,28)25-9-6-17-15(11-25)18(23-22-17)19(26)24-7-4-12(5-8-24)14-10-13(21)2-3-16(14)20/h1-3,14-15H,4-13H2,(H,25,26);2-4,13H,5-11H2,1H3,(H,23,24);2-3,10,12H,4-9,11H2,1H3,(H,25,26);2-3,10,12H,4-9,11H2,1H3,(H,22,23). The van der Waals surface area contributed by atoms with Gasteiger partial charge in [-0.15, -0.1) is 0 Å². The van der Waals surface area contributed by atoms with Crippen LogP contribution < -0.4 is 0 Å². The molecule has 1 saturated carbocycles. The molecule has 0 bridgehead atoms. The number of hydrogen-bond acceptors (Lipinski definition) is 14. The van der Waals surface area contributed by atoms with E-state index in [1.54, 1.807) is 39.8 Å². The van der Waals surface area contributed by atoms with Crippen molar-refractivity contribution in [1.82, 2.24) is 78.8 Å². The van der Waals surface area contributed by atoms with Gasteiger partial charge in [-0.1, -0.05) is 59.1 Å². The second kappa shape index (κ2) is 35.9. The summed E-state index contributed by atoms with van der Waals surface area (Å²) in [5.74, 6) is -1.71. The van der Waals surface area contributed by atoms with Crippen LogP contribution in [0.3, 0.4) is 0 Å². The zero-order valence-corrected chi connectivity index (χ0v) is 69.3. The van der Waals surface area contributed by atoms with Crippen LogP contribution >= 0.6 is 34.8 Å². The number of nitrogens with one attached hydrogen (secondary N) is 4. The Hall–Kier alpha value is -8.77. The van der Waals surface area contributed by atoms with E-state index in [2.05, 4.69) is 45.7 Å². The highest BCUT2D eigenvalue weighted by molar-refractivity contribution is 7.88. The molecule has 5 amide bonds. The third-order valence-electron chi connectivity index (χ3n) is 24.3. The van der Waals surface area contributed by atoms with E-state index in [4.69, 9.17) is 34.8 Å². The number of alkyl halides is 3. The van der Waals surface area contributed by atoms with Crippen LogP contribution in [0.2, 0.25) is 15.1 Å². The lowest BCUT2D eigenvalue weighted by Crippen LogP contribution is -2.40. The van der Waals surface area contributed by atoms with Gasteiger partial charge in [0.05, 0.1) is 46.1 Å². The monoisotopic (exact) mass is 1730 g/mol. The zero-order valence-electron chi connectivity index (χ0n) is 65.4. The lowest BCUT2D eigenvalue weighted by Gasteiger charge is -2.33. The minimum Gasteiger partial charge on any atom is -0.337 e. The first kappa shape index (κ1) is 85.6. The fourth-order valence-electron chi connectivity index (χ4n) is 17.4. The van der Waals surface area contributed by atoms with Crippen molar-refractivity contribution in [2.45, 2.75) is 153 Å². The Morgan fingerprint density at radius 1 is 0.424 bits per heavy atom. The smallest absolute Gasteiger partial charge is 0.337 e. The first-order chi connectivity index (χ1) is 56.2. The van der Waals surface area contributed by atoms with Gasteiger partial charge < -0.3 is 24.5 Å². The maximum Gasteiger partial charge on any atom is 0.416 e. The normalized spacial score (nSPS) is 18.9. The minimum atomic E-state index is -4.59. The van der Waals surface area contributed by atoms with Crippen LogP contribution in [-0.2, 0) is 82.9 Å². The predicted molar refractivity (Wildman–Crippen MR) is 426 cm³/mol. The highest BCUT2D eigenvalue weighted by Crippen LogP contribution is 2.43. The summed E-state index contributed by atoms with van der Waals surface area (Å²) in [4.78, 5) is 74.9. The minimum absolute atomic E-state index is 0.0157. The Balaban J connectivity index is 0.000000129. The number of halogens is 10. The Kier molecular flexibility index (Phi) is 26.0. The first-order valence-electron chi connectivity index (χ1n) is 39.7. The van der Waals surface area contributed by atoms with E-state index in [1.165, 1.54) is 56.9 Å². The first-order valence-corrected chi connectivity index (χ1v) is 44.6. The van der Waals surface area contributed by atoms with Gasteiger partial charge in [0.25, 0.3) is 23.6 Å². The number of rotatable bonds is 12. The molecule has 25 nitrogen and oxygen atoms in total. The van der Waals surface area contributed by atoms with Gasteiger partial charge in [-0.05, 0) is 177 Å². The molecular weight excluding hydrogens is 1640 g/mol. The molecule has 0 unspecified atom stereocenters. The number of aromatic nitrogens is 8. The van der Waals surface area contributed by atoms with Crippen LogP contribution in [0.15, 0.2) is 72.8 Å². The SMILES string of the molecule is CC(=O)N1CCc2c(C(=O)N3CCC(c4cccc(F)c4Cl)CC3)n[nH]c2C1.CS(=O)(=O)N1CCc2[nH]nc(C(=O)N3CCC(c4cc(F)ccc4C(F)(F)F)CC3)c2C1.CS(=O)(=O)N1CCc2[nH]nc(C(=O)N3CCC(c4cc(F)ccc4Cl)CC3)c2C1.O=C(c1n[nH]c2c1CCN(CC1CC1)C2)N1CCC(c2cccc(F)c2Cl)CC1. The highest BCUT2D eigenvalue weighted by Gasteiger charge is 2.41. The summed E-state index contributed by atoms with van der Waals surface area (Å²) in [5, 5.41) is 29.6. The van der Waals surface area contributed by atoms with Crippen LogP contribution in [0.25, 0.3) is 0 Å². The van der Waals surface area contributed by atoms with Gasteiger partial charge in [0.15, 0.2) is 22.8 Å². The molecule has 8 aliphatic heterocycles. The van der Waals surface area contributed by atoms with E-state index in [0.29, 0.717) is 131 Å². The number of aromatic amines is 4. The fourth-order valence-corrected chi connectivity index (χ4v) is 19.8. The maximum absolute atomic E-state index is 13.8. The number of carbonyl (C=O) groups is 5. The molecular formula is C81H92Cl3F7N16O9S2. The van der Waals surface area contributed by atoms with Crippen molar-refractivity contribution in [2.75, 3.05) is 97.6 Å². The van der Waals surface area contributed by atoms with Gasteiger partial charge in [0.2, 0.25) is 26.0 Å². The number of carbonyl (C=O) groups excluding carboxylic acids is 5.